The Morgan fingerprint density at radius 3 is 2.50 bits per heavy atom. The van der Waals surface area contributed by atoms with E-state index in [1.54, 1.807) is 29.9 Å². The minimum absolute atomic E-state index is 0.0508. The average Bonchev–Trinajstić information content (AvgIpc) is 2.94. The van der Waals surface area contributed by atoms with Crippen molar-refractivity contribution in [1.82, 2.24) is 19.3 Å². The quantitative estimate of drug-likeness (QED) is 0.902. The second kappa shape index (κ2) is 6.52. The number of piperidine rings is 1. The summed E-state index contributed by atoms with van der Waals surface area (Å²) in [5.74, 6) is 1.68. The maximum atomic E-state index is 12.5. The molecule has 0 aliphatic carbocycles. The molecule has 0 radical (unpaired) electrons. The first-order valence-electron chi connectivity index (χ1n) is 8.06. The van der Waals surface area contributed by atoms with Gasteiger partial charge >= 0.3 is 0 Å². The molecule has 2 aromatic heterocycles. The first-order valence-corrected chi connectivity index (χ1v) is 9.54. The molecule has 1 aliphatic rings. The van der Waals surface area contributed by atoms with Crippen LogP contribution in [0.4, 0.5) is 5.82 Å². The maximum absolute atomic E-state index is 12.5. The van der Waals surface area contributed by atoms with Crippen LogP contribution < -0.4 is 9.62 Å². The molecule has 8 heteroatoms. The number of aromatic nitrogens is 3. The van der Waals surface area contributed by atoms with E-state index in [1.165, 1.54) is 0 Å². The maximum Gasteiger partial charge on any atom is 0.256 e. The highest BCUT2D eigenvalue weighted by molar-refractivity contribution is 7.89. The molecule has 0 bridgehead atoms. The van der Waals surface area contributed by atoms with Gasteiger partial charge in [0.05, 0.1) is 0 Å². The van der Waals surface area contributed by atoms with Crippen LogP contribution in [0.5, 0.6) is 0 Å². The van der Waals surface area contributed by atoms with Crippen LogP contribution in [0.25, 0.3) is 0 Å². The van der Waals surface area contributed by atoms with E-state index in [1.807, 2.05) is 19.9 Å². The van der Waals surface area contributed by atoms with Crippen molar-refractivity contribution in [3.8, 4) is 0 Å². The third-order valence-corrected chi connectivity index (χ3v) is 5.88. The van der Waals surface area contributed by atoms with Gasteiger partial charge in [0.1, 0.15) is 16.7 Å². The molecular weight excluding hydrogens is 326 g/mol. The molecule has 0 aromatic carbocycles. The highest BCUT2D eigenvalue weighted by Gasteiger charge is 2.26. The number of nitrogens with zero attached hydrogens (tertiary/aromatic N) is 4. The fourth-order valence-electron chi connectivity index (χ4n) is 3.09. The zero-order valence-corrected chi connectivity index (χ0v) is 15.0. The molecule has 0 unspecified atom stereocenters. The summed E-state index contributed by atoms with van der Waals surface area (Å²) in [4.78, 5) is 11.0. The minimum Gasteiger partial charge on any atom is -0.356 e. The summed E-state index contributed by atoms with van der Waals surface area (Å²) >= 11 is 0. The van der Waals surface area contributed by atoms with Crippen LogP contribution in [-0.4, -0.2) is 42.1 Å². The van der Waals surface area contributed by atoms with Crippen LogP contribution in [-0.2, 0) is 17.1 Å². The fourth-order valence-corrected chi connectivity index (χ4v) is 4.58. The molecular formula is C16H23N5O2S. The van der Waals surface area contributed by atoms with E-state index in [4.69, 9.17) is 0 Å². The highest BCUT2D eigenvalue weighted by Crippen LogP contribution is 2.20. The topological polar surface area (TPSA) is 80.1 Å². The Hall–Kier alpha value is -1.93. The number of sulfonamides is 1. The van der Waals surface area contributed by atoms with Crippen molar-refractivity contribution in [1.29, 1.82) is 0 Å². The summed E-state index contributed by atoms with van der Waals surface area (Å²) in [5, 5.41) is 0.298. The molecule has 0 atom stereocenters. The first-order chi connectivity index (χ1) is 11.3. The van der Waals surface area contributed by atoms with E-state index in [0.717, 1.165) is 43.3 Å². The van der Waals surface area contributed by atoms with Crippen LogP contribution in [0.15, 0.2) is 29.4 Å². The van der Waals surface area contributed by atoms with E-state index >= 15 is 0 Å². The lowest BCUT2D eigenvalue weighted by Gasteiger charge is -2.33. The molecule has 1 aliphatic heterocycles. The molecule has 0 saturated carbocycles. The van der Waals surface area contributed by atoms with Crippen molar-refractivity contribution in [2.75, 3.05) is 18.0 Å². The van der Waals surface area contributed by atoms with Gasteiger partial charge in [-0.15, -0.1) is 0 Å². The van der Waals surface area contributed by atoms with Gasteiger partial charge in [0.25, 0.3) is 10.0 Å². The van der Waals surface area contributed by atoms with E-state index in [2.05, 4.69) is 19.6 Å². The molecule has 130 valence electrons. The number of rotatable bonds is 4. The molecule has 1 fully saturated rings. The number of anilines is 1. The van der Waals surface area contributed by atoms with Crippen LogP contribution in [0.3, 0.4) is 0 Å². The van der Waals surface area contributed by atoms with Gasteiger partial charge in [0.15, 0.2) is 0 Å². The second-order valence-electron chi connectivity index (χ2n) is 6.25. The summed E-state index contributed by atoms with van der Waals surface area (Å²) in [6.07, 6.45) is 3.24. The summed E-state index contributed by atoms with van der Waals surface area (Å²) in [6.45, 7) is 5.39. The van der Waals surface area contributed by atoms with E-state index < -0.39 is 10.0 Å². The van der Waals surface area contributed by atoms with E-state index in [9.17, 15) is 8.42 Å². The zero-order valence-electron chi connectivity index (χ0n) is 14.2. The first kappa shape index (κ1) is 16.9. The van der Waals surface area contributed by atoms with E-state index in [0.29, 0.717) is 5.03 Å². The van der Waals surface area contributed by atoms with Gasteiger partial charge in [-0.3, -0.25) is 0 Å². The predicted octanol–water partition coefficient (Wildman–Crippen LogP) is 1.38. The number of nitrogens with one attached hydrogen (secondary N) is 1. The van der Waals surface area contributed by atoms with Crippen LogP contribution >= 0.6 is 0 Å². The van der Waals surface area contributed by atoms with Crippen molar-refractivity contribution in [2.45, 2.75) is 37.8 Å². The molecule has 3 rings (SSSR count). The van der Waals surface area contributed by atoms with Crippen molar-refractivity contribution < 1.29 is 8.42 Å². The van der Waals surface area contributed by atoms with Gasteiger partial charge in [-0.05, 0) is 38.8 Å². The van der Waals surface area contributed by atoms with E-state index in [-0.39, 0.29) is 6.04 Å². The molecule has 7 nitrogen and oxygen atoms in total. The van der Waals surface area contributed by atoms with Crippen molar-refractivity contribution in [3.63, 3.8) is 0 Å². The minimum atomic E-state index is -3.47. The van der Waals surface area contributed by atoms with Gasteiger partial charge in [0, 0.05) is 44.1 Å². The Kier molecular flexibility index (Phi) is 4.60. The van der Waals surface area contributed by atoms with Crippen molar-refractivity contribution >= 4 is 15.8 Å². The second-order valence-corrected chi connectivity index (χ2v) is 7.92. The molecule has 0 spiro atoms. The molecule has 1 N–H and O–H groups in total. The molecule has 1 saturated heterocycles. The third kappa shape index (κ3) is 3.59. The van der Waals surface area contributed by atoms with Gasteiger partial charge in [0.2, 0.25) is 0 Å². The van der Waals surface area contributed by atoms with Crippen molar-refractivity contribution in [3.05, 3.63) is 35.9 Å². The summed E-state index contributed by atoms with van der Waals surface area (Å²) in [5.41, 5.74) is 0.948. The Balaban J connectivity index is 1.64. The molecule has 2 aromatic rings. The molecule has 24 heavy (non-hydrogen) atoms. The van der Waals surface area contributed by atoms with Gasteiger partial charge < -0.3 is 9.47 Å². The Labute approximate surface area is 142 Å². The Bertz CT molecular complexity index is 802. The SMILES string of the molecule is Cc1cc(N2CCC(NS(=O)(=O)c3cccn3C)CC2)nc(C)n1. The fraction of sp³-hybridized carbons (Fsp3) is 0.500. The van der Waals surface area contributed by atoms with Gasteiger partial charge in [-0.25, -0.2) is 23.1 Å². The molecule has 0 amide bonds. The number of hydrogen-bond acceptors (Lipinski definition) is 5. The lowest BCUT2D eigenvalue weighted by molar-refractivity contribution is 0.456. The monoisotopic (exact) mass is 349 g/mol. The Morgan fingerprint density at radius 2 is 1.92 bits per heavy atom. The zero-order chi connectivity index (χ0) is 17.3. The van der Waals surface area contributed by atoms with Crippen molar-refractivity contribution in [2.24, 2.45) is 7.05 Å². The van der Waals surface area contributed by atoms with Gasteiger partial charge in [-0.2, -0.15) is 0 Å². The predicted molar refractivity (Wildman–Crippen MR) is 92.5 cm³/mol. The molecule has 3 heterocycles. The highest BCUT2D eigenvalue weighted by atomic mass is 32.2. The van der Waals surface area contributed by atoms with Gasteiger partial charge in [-0.1, -0.05) is 0 Å². The normalized spacial score (nSPS) is 16.5. The number of hydrogen-bond donors (Lipinski definition) is 1. The lowest BCUT2D eigenvalue weighted by atomic mass is 10.1. The summed E-state index contributed by atoms with van der Waals surface area (Å²) in [7, 11) is -1.74. The largest absolute Gasteiger partial charge is 0.356 e. The van der Waals surface area contributed by atoms with Crippen LogP contribution in [0, 0.1) is 13.8 Å². The van der Waals surface area contributed by atoms with Crippen LogP contribution in [0.2, 0.25) is 0 Å². The average molecular weight is 349 g/mol. The summed E-state index contributed by atoms with van der Waals surface area (Å²) in [6, 6.07) is 5.27. The lowest BCUT2D eigenvalue weighted by Crippen LogP contribution is -2.45. The number of aryl methyl sites for hydroxylation is 3. The Morgan fingerprint density at radius 1 is 1.21 bits per heavy atom. The third-order valence-electron chi connectivity index (χ3n) is 4.26. The van der Waals surface area contributed by atoms with Crippen LogP contribution in [0.1, 0.15) is 24.4 Å². The smallest absolute Gasteiger partial charge is 0.256 e. The standard InChI is InChI=1S/C16H23N5O2S/c1-12-11-15(18-13(2)17-12)21-9-6-14(7-10-21)19-24(22,23)16-5-4-8-20(16)3/h4-5,8,11,14,19H,6-7,9-10H2,1-3H3. The summed E-state index contributed by atoms with van der Waals surface area (Å²) < 4.78 is 29.4.